The van der Waals surface area contributed by atoms with Gasteiger partial charge in [-0.15, -0.1) is 0 Å². The maximum Gasteiger partial charge on any atom is 0.326 e. The SMILES string of the molecule is CC(C)CCNC(=O)COC(=O)CN1C(=O)NC(C)(C)C1=O. The Kier molecular flexibility index (Phi) is 5.90. The molecular weight excluding hydrogens is 290 g/mol. The molecule has 22 heavy (non-hydrogen) atoms. The number of hydrogen-bond acceptors (Lipinski definition) is 5. The zero-order valence-corrected chi connectivity index (χ0v) is 13.4. The molecule has 0 aliphatic carbocycles. The second kappa shape index (κ2) is 7.24. The minimum absolute atomic E-state index is 0.411. The Hall–Kier alpha value is -2.12. The van der Waals surface area contributed by atoms with Crippen molar-refractivity contribution in [2.24, 2.45) is 5.92 Å². The summed E-state index contributed by atoms with van der Waals surface area (Å²) < 4.78 is 4.76. The van der Waals surface area contributed by atoms with Crippen LogP contribution in [-0.4, -0.2) is 54.0 Å². The van der Waals surface area contributed by atoms with Gasteiger partial charge in [-0.2, -0.15) is 0 Å². The van der Waals surface area contributed by atoms with Crippen LogP contribution in [0.2, 0.25) is 0 Å². The van der Waals surface area contributed by atoms with Crippen LogP contribution in [0, 0.1) is 5.92 Å². The number of rotatable bonds is 7. The maximum absolute atomic E-state index is 11.9. The highest BCUT2D eigenvalue weighted by Gasteiger charge is 2.45. The average Bonchev–Trinajstić information content (AvgIpc) is 2.58. The number of carbonyl (C=O) groups excluding carboxylic acids is 4. The molecule has 8 nitrogen and oxygen atoms in total. The Labute approximate surface area is 129 Å². The van der Waals surface area contributed by atoms with E-state index in [4.69, 9.17) is 4.74 Å². The zero-order chi connectivity index (χ0) is 16.9. The van der Waals surface area contributed by atoms with E-state index in [1.54, 1.807) is 13.8 Å². The van der Waals surface area contributed by atoms with Gasteiger partial charge in [0, 0.05) is 6.54 Å². The van der Waals surface area contributed by atoms with Gasteiger partial charge in [0.05, 0.1) is 0 Å². The average molecular weight is 313 g/mol. The highest BCUT2D eigenvalue weighted by Crippen LogP contribution is 2.16. The molecule has 1 heterocycles. The predicted molar refractivity (Wildman–Crippen MR) is 77.7 cm³/mol. The monoisotopic (exact) mass is 313 g/mol. The lowest BCUT2D eigenvalue weighted by atomic mass is 10.1. The fraction of sp³-hybridized carbons (Fsp3) is 0.714. The Morgan fingerprint density at radius 2 is 1.95 bits per heavy atom. The van der Waals surface area contributed by atoms with Crippen molar-refractivity contribution in [3.05, 3.63) is 0 Å². The van der Waals surface area contributed by atoms with Crippen LogP contribution in [-0.2, 0) is 19.1 Å². The summed E-state index contributed by atoms with van der Waals surface area (Å²) in [6, 6.07) is -0.645. The lowest BCUT2D eigenvalue weighted by Gasteiger charge is -2.15. The van der Waals surface area contributed by atoms with Gasteiger partial charge in [0.25, 0.3) is 11.8 Å². The van der Waals surface area contributed by atoms with Crippen molar-refractivity contribution < 1.29 is 23.9 Å². The molecule has 0 saturated carbocycles. The summed E-state index contributed by atoms with van der Waals surface area (Å²) in [4.78, 5) is 47.3. The molecule has 0 aromatic heterocycles. The van der Waals surface area contributed by atoms with Crippen molar-refractivity contribution in [2.75, 3.05) is 19.7 Å². The molecule has 0 atom stereocenters. The Bertz CT molecular complexity index is 473. The number of nitrogens with zero attached hydrogens (tertiary/aromatic N) is 1. The van der Waals surface area contributed by atoms with E-state index in [2.05, 4.69) is 10.6 Å². The summed E-state index contributed by atoms with van der Waals surface area (Å²) in [6.07, 6.45) is 0.831. The fourth-order valence-corrected chi connectivity index (χ4v) is 1.83. The van der Waals surface area contributed by atoms with Crippen molar-refractivity contribution in [1.29, 1.82) is 0 Å². The van der Waals surface area contributed by atoms with Gasteiger partial charge in [-0.3, -0.25) is 19.3 Å². The van der Waals surface area contributed by atoms with Gasteiger partial charge in [0.1, 0.15) is 12.1 Å². The van der Waals surface area contributed by atoms with Gasteiger partial charge >= 0.3 is 12.0 Å². The fourth-order valence-electron chi connectivity index (χ4n) is 1.83. The van der Waals surface area contributed by atoms with Crippen LogP contribution < -0.4 is 10.6 Å². The number of esters is 1. The molecule has 0 spiro atoms. The topological polar surface area (TPSA) is 105 Å². The molecule has 0 aromatic carbocycles. The first kappa shape index (κ1) is 17.9. The molecule has 0 unspecified atom stereocenters. The van der Waals surface area contributed by atoms with E-state index in [1.165, 1.54) is 0 Å². The number of hydrogen-bond donors (Lipinski definition) is 2. The second-order valence-electron chi connectivity index (χ2n) is 6.14. The molecule has 8 heteroatoms. The first-order valence-electron chi connectivity index (χ1n) is 7.20. The van der Waals surface area contributed by atoms with Gasteiger partial charge < -0.3 is 15.4 Å². The lowest BCUT2D eigenvalue weighted by molar-refractivity contribution is -0.151. The van der Waals surface area contributed by atoms with Crippen LogP contribution in [0.4, 0.5) is 4.79 Å². The first-order valence-corrected chi connectivity index (χ1v) is 7.20. The summed E-state index contributed by atoms with van der Waals surface area (Å²) in [5.41, 5.74) is -1.04. The normalized spacial score (nSPS) is 16.7. The van der Waals surface area contributed by atoms with Gasteiger partial charge in [-0.25, -0.2) is 4.79 Å². The van der Waals surface area contributed by atoms with Crippen LogP contribution >= 0.6 is 0 Å². The number of carbonyl (C=O) groups is 4. The van der Waals surface area contributed by atoms with Gasteiger partial charge in [0.15, 0.2) is 6.61 Å². The first-order chi connectivity index (χ1) is 10.1. The lowest BCUT2D eigenvalue weighted by Crippen LogP contribution is -2.41. The van der Waals surface area contributed by atoms with E-state index >= 15 is 0 Å². The largest absolute Gasteiger partial charge is 0.454 e. The second-order valence-corrected chi connectivity index (χ2v) is 6.14. The third-order valence-corrected chi connectivity index (χ3v) is 3.14. The third kappa shape index (κ3) is 5.01. The Morgan fingerprint density at radius 3 is 2.45 bits per heavy atom. The molecule has 0 bridgehead atoms. The summed E-state index contributed by atoms with van der Waals surface area (Å²) in [5.74, 6) is -1.26. The molecule has 1 fully saturated rings. The molecule has 1 rings (SSSR count). The molecule has 1 saturated heterocycles. The van der Waals surface area contributed by atoms with Crippen LogP contribution in [0.1, 0.15) is 34.1 Å². The summed E-state index contributed by atoms with van der Waals surface area (Å²) in [7, 11) is 0. The van der Waals surface area contributed by atoms with Crippen molar-refractivity contribution in [2.45, 2.75) is 39.7 Å². The van der Waals surface area contributed by atoms with E-state index < -0.39 is 42.5 Å². The molecule has 0 radical (unpaired) electrons. The van der Waals surface area contributed by atoms with Gasteiger partial charge in [-0.05, 0) is 26.2 Å². The minimum atomic E-state index is -1.04. The Morgan fingerprint density at radius 1 is 1.32 bits per heavy atom. The number of amides is 4. The molecule has 0 aromatic rings. The predicted octanol–water partition coefficient (Wildman–Crippen LogP) is 0.0223. The quantitative estimate of drug-likeness (QED) is 0.509. The Balaban J connectivity index is 2.33. The molecule has 1 aliphatic heterocycles. The van der Waals surface area contributed by atoms with Crippen molar-refractivity contribution in [3.63, 3.8) is 0 Å². The van der Waals surface area contributed by atoms with Crippen LogP contribution in [0.5, 0.6) is 0 Å². The number of ether oxygens (including phenoxy) is 1. The molecule has 4 amide bonds. The number of imide groups is 1. The summed E-state index contributed by atoms with van der Waals surface area (Å²) >= 11 is 0. The van der Waals surface area contributed by atoms with Gasteiger partial charge in [-0.1, -0.05) is 13.8 Å². The molecule has 1 aliphatic rings. The van der Waals surface area contributed by atoms with Crippen molar-refractivity contribution in [3.8, 4) is 0 Å². The maximum atomic E-state index is 11.9. The van der Waals surface area contributed by atoms with Crippen molar-refractivity contribution in [1.82, 2.24) is 15.5 Å². The summed E-state index contributed by atoms with van der Waals surface area (Å²) in [5, 5.41) is 5.07. The van der Waals surface area contributed by atoms with E-state index in [0.29, 0.717) is 12.5 Å². The number of nitrogens with one attached hydrogen (secondary N) is 2. The standard InChI is InChI=1S/C14H23N3O5/c1-9(2)5-6-15-10(18)8-22-11(19)7-17-12(20)14(3,4)16-13(17)21/h9H,5-8H2,1-4H3,(H,15,18)(H,16,21). The smallest absolute Gasteiger partial charge is 0.326 e. The summed E-state index contributed by atoms with van der Waals surface area (Å²) in [6.45, 7) is 6.73. The van der Waals surface area contributed by atoms with Crippen molar-refractivity contribution >= 4 is 23.8 Å². The van der Waals surface area contributed by atoms with E-state index in [-0.39, 0.29) is 0 Å². The van der Waals surface area contributed by atoms with Crippen LogP contribution in [0.25, 0.3) is 0 Å². The van der Waals surface area contributed by atoms with Crippen LogP contribution in [0.3, 0.4) is 0 Å². The van der Waals surface area contributed by atoms with E-state index in [9.17, 15) is 19.2 Å². The highest BCUT2D eigenvalue weighted by molar-refractivity contribution is 6.08. The van der Waals surface area contributed by atoms with Gasteiger partial charge in [0.2, 0.25) is 0 Å². The van der Waals surface area contributed by atoms with E-state index in [0.717, 1.165) is 11.3 Å². The number of urea groups is 1. The molecule has 124 valence electrons. The van der Waals surface area contributed by atoms with Crippen LogP contribution in [0.15, 0.2) is 0 Å². The highest BCUT2D eigenvalue weighted by atomic mass is 16.5. The minimum Gasteiger partial charge on any atom is -0.454 e. The molecular formula is C14H23N3O5. The zero-order valence-electron chi connectivity index (χ0n) is 13.4. The third-order valence-electron chi connectivity index (χ3n) is 3.14. The van der Waals surface area contributed by atoms with E-state index in [1.807, 2.05) is 13.8 Å². The molecule has 2 N–H and O–H groups in total.